The second-order valence-corrected chi connectivity index (χ2v) is 7.21. The van der Waals surface area contributed by atoms with Crippen molar-refractivity contribution in [2.45, 2.75) is 32.7 Å². The van der Waals surface area contributed by atoms with Crippen LogP contribution in [0.1, 0.15) is 42.4 Å². The zero-order valence-corrected chi connectivity index (χ0v) is 17.4. The Balaban J connectivity index is 1.69. The summed E-state index contributed by atoms with van der Waals surface area (Å²) in [6.45, 7) is 3.57. The molecule has 0 unspecified atom stereocenters. The van der Waals surface area contributed by atoms with Gasteiger partial charge in [0.2, 0.25) is 5.91 Å². The topological polar surface area (TPSA) is 102 Å². The van der Waals surface area contributed by atoms with E-state index in [4.69, 9.17) is 4.74 Å². The average Bonchev–Trinajstić information content (AvgIpc) is 2.76. The monoisotopic (exact) mass is 426 g/mol. The van der Waals surface area contributed by atoms with Crippen LogP contribution in [0.25, 0.3) is 10.8 Å². The van der Waals surface area contributed by atoms with E-state index < -0.39 is 17.6 Å². The summed E-state index contributed by atoms with van der Waals surface area (Å²) in [6, 6.07) is 10.9. The van der Waals surface area contributed by atoms with Gasteiger partial charge in [-0.2, -0.15) is 5.10 Å². The molecule has 0 aliphatic rings. The molecule has 1 heterocycles. The lowest BCUT2D eigenvalue weighted by Gasteiger charge is -2.13. The molecular weight excluding hydrogens is 403 g/mol. The Kier molecular flexibility index (Phi) is 6.64. The third-order valence-electron chi connectivity index (χ3n) is 4.71. The molecule has 2 amide bonds. The third-order valence-corrected chi connectivity index (χ3v) is 4.71. The van der Waals surface area contributed by atoms with E-state index >= 15 is 0 Å². The number of halogens is 1. The van der Waals surface area contributed by atoms with E-state index in [1.165, 1.54) is 23.9 Å². The summed E-state index contributed by atoms with van der Waals surface area (Å²) in [7, 11) is 1.37. The molecule has 0 fully saturated rings. The SMILES string of the molecule is COc1ccc(CCC(=O)NNC(=O)c2nn(C(C)C)c(=O)c3ccccc23)cc1F. The minimum Gasteiger partial charge on any atom is -0.494 e. The van der Waals surface area contributed by atoms with Crippen LogP contribution in [-0.4, -0.2) is 28.7 Å². The average molecular weight is 426 g/mol. The number of rotatable bonds is 6. The maximum atomic E-state index is 13.7. The Bertz CT molecular complexity index is 1190. The van der Waals surface area contributed by atoms with Gasteiger partial charge in [0.1, 0.15) is 0 Å². The Hall–Kier alpha value is -3.75. The zero-order valence-electron chi connectivity index (χ0n) is 17.4. The molecule has 0 atom stereocenters. The summed E-state index contributed by atoms with van der Waals surface area (Å²) in [5.41, 5.74) is 5.02. The molecule has 162 valence electrons. The van der Waals surface area contributed by atoms with E-state index in [1.54, 1.807) is 44.2 Å². The molecule has 1 aromatic heterocycles. The van der Waals surface area contributed by atoms with Crippen LogP contribution in [0.2, 0.25) is 0 Å². The number of nitrogens with one attached hydrogen (secondary N) is 2. The van der Waals surface area contributed by atoms with Crippen molar-refractivity contribution in [3.8, 4) is 5.75 Å². The van der Waals surface area contributed by atoms with Gasteiger partial charge in [-0.05, 0) is 44.0 Å². The molecule has 3 aromatic rings. The van der Waals surface area contributed by atoms with Crippen LogP contribution in [-0.2, 0) is 11.2 Å². The van der Waals surface area contributed by atoms with Crippen molar-refractivity contribution in [1.29, 1.82) is 0 Å². The number of aryl methyl sites for hydroxylation is 1. The number of benzene rings is 2. The highest BCUT2D eigenvalue weighted by molar-refractivity contribution is 6.05. The molecular formula is C22H23FN4O4. The minimum absolute atomic E-state index is 0.0291. The van der Waals surface area contributed by atoms with Crippen molar-refractivity contribution in [1.82, 2.24) is 20.6 Å². The van der Waals surface area contributed by atoms with E-state index in [1.807, 2.05) is 0 Å². The van der Waals surface area contributed by atoms with Crippen molar-refractivity contribution >= 4 is 22.6 Å². The normalized spacial score (nSPS) is 10.9. The first-order chi connectivity index (χ1) is 14.8. The number of hydrazine groups is 1. The number of fused-ring (bicyclic) bond motifs is 1. The largest absolute Gasteiger partial charge is 0.494 e. The van der Waals surface area contributed by atoms with Crippen molar-refractivity contribution in [2.24, 2.45) is 0 Å². The molecule has 2 aromatic carbocycles. The van der Waals surface area contributed by atoms with E-state index in [0.29, 0.717) is 16.3 Å². The molecule has 0 radical (unpaired) electrons. The molecule has 0 spiro atoms. The van der Waals surface area contributed by atoms with Gasteiger partial charge in [-0.3, -0.25) is 25.2 Å². The summed E-state index contributed by atoms with van der Waals surface area (Å²) < 4.78 is 19.8. The Morgan fingerprint density at radius 2 is 1.84 bits per heavy atom. The minimum atomic E-state index is -0.644. The highest BCUT2D eigenvalue weighted by atomic mass is 19.1. The summed E-state index contributed by atoms with van der Waals surface area (Å²) in [6.07, 6.45) is 0.313. The predicted molar refractivity (Wildman–Crippen MR) is 113 cm³/mol. The van der Waals surface area contributed by atoms with Crippen molar-refractivity contribution in [2.75, 3.05) is 7.11 Å². The van der Waals surface area contributed by atoms with Gasteiger partial charge in [-0.1, -0.05) is 24.3 Å². The van der Waals surface area contributed by atoms with Gasteiger partial charge in [0.25, 0.3) is 11.5 Å². The van der Waals surface area contributed by atoms with Crippen LogP contribution >= 0.6 is 0 Å². The van der Waals surface area contributed by atoms with Crippen LogP contribution in [0.5, 0.6) is 5.75 Å². The van der Waals surface area contributed by atoms with E-state index in [9.17, 15) is 18.8 Å². The number of hydrogen-bond donors (Lipinski definition) is 2. The molecule has 2 N–H and O–H groups in total. The van der Waals surface area contributed by atoms with Crippen LogP contribution in [0.4, 0.5) is 4.39 Å². The predicted octanol–water partition coefficient (Wildman–Crippen LogP) is 2.52. The zero-order chi connectivity index (χ0) is 22.5. The Morgan fingerprint density at radius 1 is 1.13 bits per heavy atom. The number of ether oxygens (including phenoxy) is 1. The lowest BCUT2D eigenvalue weighted by Crippen LogP contribution is -2.43. The van der Waals surface area contributed by atoms with E-state index in [2.05, 4.69) is 16.0 Å². The molecule has 0 saturated carbocycles. The number of methoxy groups -OCH3 is 1. The number of nitrogens with zero attached hydrogens (tertiary/aromatic N) is 2. The molecule has 9 heteroatoms. The first-order valence-corrected chi connectivity index (χ1v) is 9.75. The van der Waals surface area contributed by atoms with Gasteiger partial charge in [0.15, 0.2) is 17.3 Å². The second-order valence-electron chi connectivity index (χ2n) is 7.21. The quantitative estimate of drug-likeness (QED) is 0.590. The Morgan fingerprint density at radius 3 is 2.48 bits per heavy atom. The highest BCUT2D eigenvalue weighted by Gasteiger charge is 2.18. The van der Waals surface area contributed by atoms with Gasteiger partial charge in [-0.15, -0.1) is 0 Å². The summed E-state index contributed by atoms with van der Waals surface area (Å²) in [5, 5.41) is 4.94. The smallest absolute Gasteiger partial charge is 0.290 e. The first kappa shape index (κ1) is 21.9. The standard InChI is InChI=1S/C22H23FN4O4/c1-13(2)27-22(30)16-7-5-4-6-15(16)20(26-27)21(29)25-24-19(28)11-9-14-8-10-18(31-3)17(23)12-14/h4-8,10,12-13H,9,11H2,1-3H3,(H,24,28)(H,25,29). The van der Waals surface area contributed by atoms with Crippen LogP contribution in [0.15, 0.2) is 47.3 Å². The summed E-state index contributed by atoms with van der Waals surface area (Å²) in [4.78, 5) is 37.4. The van der Waals surface area contributed by atoms with Gasteiger partial charge in [0.05, 0.1) is 18.5 Å². The Labute approximate surface area is 178 Å². The van der Waals surface area contributed by atoms with Gasteiger partial charge < -0.3 is 4.74 Å². The fourth-order valence-corrected chi connectivity index (χ4v) is 3.10. The maximum absolute atomic E-state index is 13.7. The first-order valence-electron chi connectivity index (χ1n) is 9.75. The molecule has 0 aliphatic heterocycles. The number of hydrogen-bond acceptors (Lipinski definition) is 5. The molecule has 8 nitrogen and oxygen atoms in total. The number of aromatic nitrogens is 2. The van der Waals surface area contributed by atoms with Gasteiger partial charge in [0, 0.05) is 11.8 Å². The van der Waals surface area contributed by atoms with E-state index in [-0.39, 0.29) is 35.9 Å². The summed E-state index contributed by atoms with van der Waals surface area (Å²) >= 11 is 0. The fraction of sp³-hybridized carbons (Fsp3) is 0.273. The molecule has 0 aliphatic carbocycles. The molecule has 31 heavy (non-hydrogen) atoms. The third kappa shape index (κ3) is 4.88. The number of carbonyl (C=O) groups is 2. The highest BCUT2D eigenvalue weighted by Crippen LogP contribution is 2.18. The van der Waals surface area contributed by atoms with Crippen LogP contribution in [0, 0.1) is 5.82 Å². The fourth-order valence-electron chi connectivity index (χ4n) is 3.10. The maximum Gasteiger partial charge on any atom is 0.290 e. The molecule has 0 bridgehead atoms. The molecule has 0 saturated heterocycles. The lowest BCUT2D eigenvalue weighted by atomic mass is 10.1. The summed E-state index contributed by atoms with van der Waals surface area (Å²) in [5.74, 6) is -1.48. The van der Waals surface area contributed by atoms with Crippen molar-refractivity contribution in [3.05, 3.63) is 69.9 Å². The number of carbonyl (C=O) groups excluding carboxylic acids is 2. The second kappa shape index (κ2) is 9.38. The lowest BCUT2D eigenvalue weighted by molar-refractivity contribution is -0.121. The van der Waals surface area contributed by atoms with E-state index in [0.717, 1.165) is 0 Å². The van der Waals surface area contributed by atoms with Gasteiger partial charge >= 0.3 is 0 Å². The molecule has 3 rings (SSSR count). The van der Waals surface area contributed by atoms with Crippen molar-refractivity contribution < 1.29 is 18.7 Å². The van der Waals surface area contributed by atoms with Crippen LogP contribution < -0.4 is 21.1 Å². The van der Waals surface area contributed by atoms with Gasteiger partial charge in [-0.25, -0.2) is 9.07 Å². The van der Waals surface area contributed by atoms with Crippen molar-refractivity contribution in [3.63, 3.8) is 0 Å². The van der Waals surface area contributed by atoms with Crippen LogP contribution in [0.3, 0.4) is 0 Å². The number of amides is 2.